The zero-order chi connectivity index (χ0) is 14.4. The van der Waals surface area contributed by atoms with Crippen molar-refractivity contribution in [2.45, 2.75) is 0 Å². The number of aromatic nitrogens is 2. The van der Waals surface area contributed by atoms with Crippen LogP contribution in [0.1, 0.15) is 10.4 Å². The van der Waals surface area contributed by atoms with Crippen molar-refractivity contribution < 1.29 is 9.53 Å². The largest absolute Gasteiger partial charge is 0.481 e. The van der Waals surface area contributed by atoms with E-state index in [2.05, 4.69) is 25.3 Å². The van der Waals surface area contributed by atoms with Crippen LogP contribution in [-0.2, 0) is 0 Å². The Morgan fingerprint density at radius 2 is 2.15 bits per heavy atom. The van der Waals surface area contributed by atoms with E-state index in [4.69, 9.17) is 10.3 Å². The van der Waals surface area contributed by atoms with Crippen LogP contribution in [0.15, 0.2) is 41.8 Å². The average molecular weight is 270 g/mol. The van der Waals surface area contributed by atoms with Gasteiger partial charge in [0.05, 0.1) is 24.6 Å². The lowest BCUT2D eigenvalue weighted by atomic mass is 10.2. The van der Waals surface area contributed by atoms with Crippen molar-refractivity contribution in [3.63, 3.8) is 0 Å². The van der Waals surface area contributed by atoms with E-state index < -0.39 is 0 Å². The average Bonchev–Trinajstić information content (AvgIpc) is 2.49. The van der Waals surface area contributed by atoms with Crippen molar-refractivity contribution in [1.82, 2.24) is 9.97 Å². The van der Waals surface area contributed by atoms with Gasteiger partial charge in [0, 0.05) is 17.2 Å². The van der Waals surface area contributed by atoms with Gasteiger partial charge in [-0.25, -0.2) is 4.98 Å². The molecule has 2 aromatic rings. The maximum Gasteiger partial charge on any atom is 0.257 e. The number of rotatable bonds is 4. The number of pyridine rings is 2. The Morgan fingerprint density at radius 1 is 1.30 bits per heavy atom. The number of carbonyl (C=O) groups is 1. The Kier molecular flexibility index (Phi) is 4.10. The molecule has 0 aromatic carbocycles. The fraction of sp³-hybridized carbons (Fsp3) is 0.0833. The number of methoxy groups -OCH3 is 1. The van der Waals surface area contributed by atoms with Crippen molar-refractivity contribution in [2.24, 2.45) is 5.11 Å². The molecule has 100 valence electrons. The number of azide groups is 1. The first kappa shape index (κ1) is 13.3. The van der Waals surface area contributed by atoms with Gasteiger partial charge >= 0.3 is 0 Å². The van der Waals surface area contributed by atoms with Crippen molar-refractivity contribution >= 4 is 17.4 Å². The van der Waals surface area contributed by atoms with E-state index in [-0.39, 0.29) is 11.7 Å². The van der Waals surface area contributed by atoms with Crippen LogP contribution in [-0.4, -0.2) is 23.0 Å². The van der Waals surface area contributed by atoms with Crippen LogP contribution in [0.5, 0.6) is 5.88 Å². The summed E-state index contributed by atoms with van der Waals surface area (Å²) in [6.07, 6.45) is 2.81. The molecule has 0 atom stereocenters. The fourth-order valence-corrected chi connectivity index (χ4v) is 1.40. The molecule has 0 spiro atoms. The molecule has 0 fully saturated rings. The maximum atomic E-state index is 11.9. The summed E-state index contributed by atoms with van der Waals surface area (Å²) in [6.45, 7) is 0. The second-order valence-corrected chi connectivity index (χ2v) is 3.64. The van der Waals surface area contributed by atoms with Crippen molar-refractivity contribution in [3.8, 4) is 5.88 Å². The summed E-state index contributed by atoms with van der Waals surface area (Å²) in [5.74, 6) is 0.329. The first-order valence-electron chi connectivity index (χ1n) is 5.55. The molecule has 2 rings (SSSR count). The first-order chi connectivity index (χ1) is 9.72. The molecule has 8 nitrogen and oxygen atoms in total. The number of amides is 1. The summed E-state index contributed by atoms with van der Waals surface area (Å²) in [7, 11) is 1.51. The molecule has 0 saturated carbocycles. The number of hydrogen-bond acceptors (Lipinski definition) is 5. The third kappa shape index (κ3) is 3.21. The van der Waals surface area contributed by atoms with E-state index in [0.29, 0.717) is 17.1 Å². The van der Waals surface area contributed by atoms with Crippen molar-refractivity contribution in [1.29, 1.82) is 0 Å². The summed E-state index contributed by atoms with van der Waals surface area (Å²) in [5.41, 5.74) is 9.14. The summed E-state index contributed by atoms with van der Waals surface area (Å²) >= 11 is 0. The molecule has 0 aliphatic heterocycles. The lowest BCUT2D eigenvalue weighted by Crippen LogP contribution is -2.12. The fourth-order valence-electron chi connectivity index (χ4n) is 1.40. The minimum Gasteiger partial charge on any atom is -0.481 e. The summed E-state index contributed by atoms with van der Waals surface area (Å²) in [6, 6.07) is 6.29. The lowest BCUT2D eigenvalue weighted by molar-refractivity contribution is 0.102. The van der Waals surface area contributed by atoms with E-state index in [0.717, 1.165) is 0 Å². The Morgan fingerprint density at radius 3 is 2.70 bits per heavy atom. The molecular weight excluding hydrogens is 260 g/mol. The minimum atomic E-state index is -0.336. The summed E-state index contributed by atoms with van der Waals surface area (Å²) in [5, 5.41) is 5.98. The van der Waals surface area contributed by atoms with E-state index in [1.54, 1.807) is 12.1 Å². The Labute approximate surface area is 114 Å². The molecule has 0 unspecified atom stereocenters. The molecule has 0 aliphatic carbocycles. The molecule has 2 aromatic heterocycles. The van der Waals surface area contributed by atoms with Gasteiger partial charge in [-0.3, -0.25) is 9.78 Å². The van der Waals surface area contributed by atoms with Crippen molar-refractivity contribution in [3.05, 3.63) is 52.7 Å². The van der Waals surface area contributed by atoms with Crippen LogP contribution in [0.4, 0.5) is 11.5 Å². The van der Waals surface area contributed by atoms with Gasteiger partial charge in [-0.15, -0.1) is 0 Å². The molecule has 8 heteroatoms. The van der Waals surface area contributed by atoms with Crippen LogP contribution in [0.25, 0.3) is 10.4 Å². The highest BCUT2D eigenvalue weighted by molar-refractivity contribution is 6.04. The number of anilines is 1. The molecule has 1 amide bonds. The molecular formula is C12H10N6O2. The number of ether oxygens (including phenoxy) is 1. The van der Waals surface area contributed by atoms with E-state index >= 15 is 0 Å². The quantitative estimate of drug-likeness (QED) is 0.522. The molecule has 0 aliphatic rings. The molecule has 0 radical (unpaired) electrons. The van der Waals surface area contributed by atoms with Crippen molar-refractivity contribution in [2.75, 3.05) is 12.4 Å². The smallest absolute Gasteiger partial charge is 0.257 e. The van der Waals surface area contributed by atoms with Gasteiger partial charge in [0.1, 0.15) is 5.82 Å². The molecule has 0 saturated heterocycles. The first-order valence-corrected chi connectivity index (χ1v) is 5.55. The van der Waals surface area contributed by atoms with Gasteiger partial charge in [-0.05, 0) is 28.8 Å². The standard InChI is InChI=1S/C12H10N6O2/c1-20-11-5-3-9(7-15-11)16-12(19)8-2-4-10(14-6-8)17-18-13/h2-7H,1H3,(H,16,19). The number of carbonyl (C=O) groups excluding carboxylic acids is 1. The van der Waals surface area contributed by atoms with Crippen LogP contribution in [0, 0.1) is 0 Å². The van der Waals surface area contributed by atoms with Gasteiger partial charge in [0.15, 0.2) is 0 Å². The summed E-state index contributed by atoms with van der Waals surface area (Å²) in [4.78, 5) is 22.3. The molecule has 0 bridgehead atoms. The number of hydrogen-bond donors (Lipinski definition) is 1. The van der Waals surface area contributed by atoms with Gasteiger partial charge < -0.3 is 10.1 Å². The van der Waals surface area contributed by atoms with Gasteiger partial charge in [0.2, 0.25) is 5.88 Å². The monoisotopic (exact) mass is 270 g/mol. The highest BCUT2D eigenvalue weighted by atomic mass is 16.5. The predicted octanol–water partition coefficient (Wildman–Crippen LogP) is 2.68. The molecule has 1 N–H and O–H groups in total. The second-order valence-electron chi connectivity index (χ2n) is 3.64. The third-order valence-corrected chi connectivity index (χ3v) is 2.36. The topological polar surface area (TPSA) is 113 Å². The summed E-state index contributed by atoms with van der Waals surface area (Å²) < 4.78 is 4.92. The zero-order valence-electron chi connectivity index (χ0n) is 10.5. The third-order valence-electron chi connectivity index (χ3n) is 2.36. The van der Waals surface area contributed by atoms with Crippen LogP contribution in [0.2, 0.25) is 0 Å². The maximum absolute atomic E-state index is 11.9. The normalized spacial score (nSPS) is 9.45. The Hall–Kier alpha value is -3.12. The highest BCUT2D eigenvalue weighted by Gasteiger charge is 2.07. The predicted molar refractivity (Wildman–Crippen MR) is 71.8 cm³/mol. The highest BCUT2D eigenvalue weighted by Crippen LogP contribution is 2.13. The van der Waals surface area contributed by atoms with Gasteiger partial charge in [-0.1, -0.05) is 0 Å². The number of nitrogens with one attached hydrogen (secondary N) is 1. The van der Waals surface area contributed by atoms with Crippen LogP contribution >= 0.6 is 0 Å². The van der Waals surface area contributed by atoms with Crippen LogP contribution < -0.4 is 10.1 Å². The lowest BCUT2D eigenvalue weighted by Gasteiger charge is -2.05. The van der Waals surface area contributed by atoms with Crippen LogP contribution in [0.3, 0.4) is 0 Å². The second kappa shape index (κ2) is 6.17. The SMILES string of the molecule is COc1ccc(NC(=O)c2ccc(N=[N+]=[N-])nc2)cn1. The Bertz CT molecular complexity index is 647. The van der Waals surface area contributed by atoms with Gasteiger partial charge in [-0.2, -0.15) is 0 Å². The minimum absolute atomic E-state index is 0.204. The molecule has 2 heterocycles. The van der Waals surface area contributed by atoms with Gasteiger partial charge in [0.25, 0.3) is 5.91 Å². The Balaban J connectivity index is 2.08. The van der Waals surface area contributed by atoms with E-state index in [9.17, 15) is 4.79 Å². The molecule has 20 heavy (non-hydrogen) atoms. The number of nitrogens with zero attached hydrogens (tertiary/aromatic N) is 5. The van der Waals surface area contributed by atoms with E-state index in [1.807, 2.05) is 0 Å². The zero-order valence-corrected chi connectivity index (χ0v) is 10.5. The van der Waals surface area contributed by atoms with E-state index in [1.165, 1.54) is 31.6 Å².